The van der Waals surface area contributed by atoms with E-state index in [-0.39, 0.29) is 19.2 Å². The molecule has 1 aliphatic heterocycles. The molecule has 23 heavy (non-hydrogen) atoms. The van der Waals surface area contributed by atoms with E-state index in [0.29, 0.717) is 6.42 Å². The highest BCUT2D eigenvalue weighted by Gasteiger charge is 2.30. The van der Waals surface area contributed by atoms with Crippen LogP contribution in [0.15, 0.2) is 0 Å². The second kappa shape index (κ2) is 9.71. The van der Waals surface area contributed by atoms with E-state index in [4.69, 9.17) is 14.0 Å². The van der Waals surface area contributed by atoms with E-state index in [9.17, 15) is 9.36 Å². The van der Waals surface area contributed by atoms with Crippen LogP contribution in [0.2, 0.25) is 0 Å². The first kappa shape index (κ1) is 20.5. The Labute approximate surface area is 138 Å². The number of phosphoric ester groups is 1. The topological polar surface area (TPSA) is 83.5 Å². The first-order chi connectivity index (χ1) is 10.8. The zero-order valence-corrected chi connectivity index (χ0v) is 15.3. The van der Waals surface area contributed by atoms with Crippen LogP contribution in [-0.4, -0.2) is 71.2 Å². The average Bonchev–Trinajstić information content (AvgIpc) is 2.57. The van der Waals surface area contributed by atoms with E-state index in [1.165, 1.54) is 14.2 Å². The van der Waals surface area contributed by atoms with Gasteiger partial charge in [0.05, 0.1) is 25.2 Å². The van der Waals surface area contributed by atoms with Gasteiger partial charge >= 0.3 is 13.8 Å². The summed E-state index contributed by atoms with van der Waals surface area (Å²) < 4.78 is 36.3. The monoisotopic (exact) mass is 353 g/mol. The van der Waals surface area contributed by atoms with Gasteiger partial charge < -0.3 is 9.47 Å². The van der Waals surface area contributed by atoms with E-state index in [2.05, 4.69) is 13.9 Å². The maximum atomic E-state index is 12.1. The maximum absolute atomic E-state index is 12.1. The molecule has 1 heterocycles. The third kappa shape index (κ3) is 7.28. The summed E-state index contributed by atoms with van der Waals surface area (Å²) in [6, 6.07) is 0. The Morgan fingerprint density at radius 3 is 2.35 bits per heavy atom. The van der Waals surface area contributed by atoms with Crippen LogP contribution in [0, 0.1) is 5.41 Å². The Hall–Kier alpha value is -0.500. The lowest BCUT2D eigenvalue weighted by Crippen LogP contribution is -2.39. The predicted octanol–water partition coefficient (Wildman–Crippen LogP) is 1.70. The lowest BCUT2D eigenvalue weighted by molar-refractivity contribution is -0.155. The van der Waals surface area contributed by atoms with Gasteiger partial charge in [-0.1, -0.05) is 0 Å². The van der Waals surface area contributed by atoms with Crippen LogP contribution >= 0.6 is 7.82 Å². The van der Waals surface area contributed by atoms with Crippen LogP contribution in [0.25, 0.3) is 0 Å². The van der Waals surface area contributed by atoms with Crippen molar-refractivity contribution in [1.29, 1.82) is 0 Å². The van der Waals surface area contributed by atoms with E-state index in [0.717, 1.165) is 32.8 Å². The number of hydrogen-bond acceptors (Lipinski definition) is 8. The summed E-state index contributed by atoms with van der Waals surface area (Å²) in [6.07, 6.45) is 0.696. The molecular weight excluding hydrogens is 325 g/mol. The molecule has 0 aliphatic carbocycles. The number of rotatable bonds is 10. The lowest BCUT2D eigenvalue weighted by atomic mass is 9.89. The maximum Gasteiger partial charge on any atom is 0.474 e. The summed E-state index contributed by atoms with van der Waals surface area (Å²) in [6.45, 7) is 7.73. The molecule has 9 heteroatoms. The number of phosphoric acid groups is 1. The molecule has 0 bridgehead atoms. The van der Waals surface area contributed by atoms with Crippen molar-refractivity contribution >= 4 is 13.8 Å². The normalized spacial score (nSPS) is 17.2. The Kier molecular flexibility index (Phi) is 8.68. The minimum absolute atomic E-state index is 0.00344. The number of carbonyl (C=O) groups excluding carboxylic acids is 1. The van der Waals surface area contributed by atoms with E-state index < -0.39 is 13.2 Å². The molecule has 0 saturated carbocycles. The van der Waals surface area contributed by atoms with Crippen molar-refractivity contribution in [1.82, 2.24) is 4.90 Å². The molecule has 1 saturated heterocycles. The second-order valence-electron chi connectivity index (χ2n) is 5.87. The lowest BCUT2D eigenvalue weighted by Gasteiger charge is -2.30. The first-order valence-electron chi connectivity index (χ1n) is 7.66. The molecule has 1 aliphatic rings. The fourth-order valence-electron chi connectivity index (χ4n) is 2.02. The molecule has 8 nitrogen and oxygen atoms in total. The van der Waals surface area contributed by atoms with Crippen molar-refractivity contribution in [2.45, 2.75) is 20.3 Å². The van der Waals surface area contributed by atoms with E-state index in [1.54, 1.807) is 0 Å². The molecule has 0 aromatic rings. The fourth-order valence-corrected chi connectivity index (χ4v) is 2.68. The van der Waals surface area contributed by atoms with Crippen LogP contribution in [0.1, 0.15) is 20.3 Å². The smallest absolute Gasteiger partial charge is 0.463 e. The van der Waals surface area contributed by atoms with E-state index >= 15 is 0 Å². The van der Waals surface area contributed by atoms with Crippen molar-refractivity contribution in [3.05, 3.63) is 0 Å². The number of nitrogens with zero attached hydrogens (tertiary/aromatic N) is 1. The van der Waals surface area contributed by atoms with Crippen molar-refractivity contribution in [2.24, 2.45) is 5.41 Å². The highest BCUT2D eigenvalue weighted by atomic mass is 31.2. The van der Waals surface area contributed by atoms with Gasteiger partial charge in [0.1, 0.15) is 6.61 Å². The molecule has 0 N–H and O–H groups in total. The van der Waals surface area contributed by atoms with Gasteiger partial charge in [-0.15, -0.1) is 0 Å². The quantitative estimate of drug-likeness (QED) is 0.333. The van der Waals surface area contributed by atoms with Gasteiger partial charge in [-0.25, -0.2) is 4.57 Å². The van der Waals surface area contributed by atoms with Gasteiger partial charge in [-0.2, -0.15) is 0 Å². The third-order valence-electron chi connectivity index (χ3n) is 3.72. The van der Waals surface area contributed by atoms with Gasteiger partial charge in [0.2, 0.25) is 0 Å². The molecular formula is C14H28NO7P. The van der Waals surface area contributed by atoms with Gasteiger partial charge in [0.25, 0.3) is 0 Å². The summed E-state index contributed by atoms with van der Waals surface area (Å²) in [5.41, 5.74) is -0.593. The molecule has 0 unspecified atom stereocenters. The number of morpholine rings is 1. The summed E-state index contributed by atoms with van der Waals surface area (Å²) in [5.74, 6) is -0.306. The molecule has 0 spiro atoms. The zero-order chi connectivity index (χ0) is 17.3. The van der Waals surface area contributed by atoms with Gasteiger partial charge in [0, 0.05) is 27.3 Å². The molecule has 1 fully saturated rings. The number of hydrogen-bond donors (Lipinski definition) is 0. The molecule has 0 amide bonds. The summed E-state index contributed by atoms with van der Waals surface area (Å²) in [5, 5.41) is 0. The Bertz CT molecular complexity index is 402. The van der Waals surface area contributed by atoms with Crippen molar-refractivity contribution in [3.8, 4) is 0 Å². The Morgan fingerprint density at radius 2 is 1.78 bits per heavy atom. The third-order valence-corrected chi connectivity index (χ3v) is 5.12. The number of carbonyl (C=O) groups is 1. The fraction of sp³-hybridized carbons (Fsp3) is 0.929. The van der Waals surface area contributed by atoms with Crippen molar-refractivity contribution in [3.63, 3.8) is 0 Å². The van der Waals surface area contributed by atoms with Gasteiger partial charge in [0.15, 0.2) is 0 Å². The summed E-state index contributed by atoms with van der Waals surface area (Å²) >= 11 is 0. The standard InChI is InChI=1S/C14H28NO7P/c1-14(2,5-6-15-7-9-20-10-8-15)13(16)21-11-12-22-23(17,18-3)19-4/h5-12H2,1-4H3. The first-order valence-corrected chi connectivity index (χ1v) is 9.12. The van der Waals surface area contributed by atoms with Crippen LogP contribution in [-0.2, 0) is 32.4 Å². The van der Waals surface area contributed by atoms with Crippen LogP contribution < -0.4 is 0 Å². The SMILES string of the molecule is COP(=O)(OC)OCCOC(=O)C(C)(C)CCN1CCOCC1. The van der Waals surface area contributed by atoms with Gasteiger partial charge in [-0.05, 0) is 26.8 Å². The van der Waals surface area contributed by atoms with Crippen molar-refractivity contribution < 1.29 is 32.4 Å². The molecule has 0 aromatic carbocycles. The van der Waals surface area contributed by atoms with Crippen molar-refractivity contribution in [2.75, 3.05) is 60.3 Å². The van der Waals surface area contributed by atoms with E-state index in [1.807, 2.05) is 13.8 Å². The summed E-state index contributed by atoms with van der Waals surface area (Å²) in [7, 11) is -1.07. The molecule has 1 rings (SSSR count). The van der Waals surface area contributed by atoms with Crippen LogP contribution in [0.4, 0.5) is 0 Å². The zero-order valence-electron chi connectivity index (χ0n) is 14.4. The van der Waals surface area contributed by atoms with Gasteiger partial charge in [-0.3, -0.25) is 23.3 Å². The predicted molar refractivity (Wildman–Crippen MR) is 84.2 cm³/mol. The molecule has 0 radical (unpaired) electrons. The highest BCUT2D eigenvalue weighted by molar-refractivity contribution is 7.48. The Morgan fingerprint density at radius 1 is 1.17 bits per heavy atom. The Balaban J connectivity index is 2.27. The second-order valence-corrected chi connectivity index (χ2v) is 7.75. The highest BCUT2D eigenvalue weighted by Crippen LogP contribution is 2.47. The van der Waals surface area contributed by atoms with Crippen LogP contribution in [0.5, 0.6) is 0 Å². The number of esters is 1. The largest absolute Gasteiger partial charge is 0.474 e. The summed E-state index contributed by atoms with van der Waals surface area (Å²) in [4.78, 5) is 14.4. The van der Waals surface area contributed by atoms with Crippen LogP contribution in [0.3, 0.4) is 0 Å². The average molecular weight is 353 g/mol. The molecule has 0 atom stereocenters. The number of ether oxygens (including phenoxy) is 2. The minimum atomic E-state index is -3.52. The molecule has 136 valence electrons. The molecule has 0 aromatic heterocycles. The minimum Gasteiger partial charge on any atom is -0.463 e.